The molecule has 0 aromatic heterocycles. The van der Waals surface area contributed by atoms with Gasteiger partial charge in [0.15, 0.2) is 11.5 Å². The lowest BCUT2D eigenvalue weighted by atomic mass is 10.1. The predicted octanol–water partition coefficient (Wildman–Crippen LogP) is 2.13. The first kappa shape index (κ1) is 25.4. The van der Waals surface area contributed by atoms with Gasteiger partial charge in [0.05, 0.1) is 24.0 Å². The minimum absolute atomic E-state index is 0.139. The zero-order chi connectivity index (χ0) is 23.9. The fourth-order valence-electron chi connectivity index (χ4n) is 3.08. The van der Waals surface area contributed by atoms with E-state index in [2.05, 4.69) is 4.72 Å². The van der Waals surface area contributed by atoms with Crippen LogP contribution in [0.5, 0.6) is 11.5 Å². The second kappa shape index (κ2) is 11.1. The summed E-state index contributed by atoms with van der Waals surface area (Å²) in [6, 6.07) is 9.51. The summed E-state index contributed by atoms with van der Waals surface area (Å²) in [7, 11) is 4.65. The Morgan fingerprint density at radius 3 is 2.28 bits per heavy atom. The van der Waals surface area contributed by atoms with E-state index in [4.69, 9.17) is 9.47 Å². The highest BCUT2D eigenvalue weighted by Gasteiger charge is 2.23. The molecule has 1 N–H and O–H groups in total. The van der Waals surface area contributed by atoms with Crippen molar-refractivity contribution >= 4 is 21.4 Å². The van der Waals surface area contributed by atoms with Crippen LogP contribution in [-0.4, -0.2) is 73.2 Å². The van der Waals surface area contributed by atoms with Gasteiger partial charge in [-0.3, -0.25) is 10.1 Å². The minimum atomic E-state index is -3.85. The Bertz CT molecular complexity index is 1040. The second-order valence-corrected chi connectivity index (χ2v) is 9.24. The van der Waals surface area contributed by atoms with E-state index in [1.165, 1.54) is 12.1 Å². The smallest absolute Gasteiger partial charge is 0.293 e. The number of hydrogen-bond donors (Lipinski definition) is 1. The van der Waals surface area contributed by atoms with E-state index in [1.54, 1.807) is 32.2 Å². The zero-order valence-electron chi connectivity index (χ0n) is 19.0. The number of rotatable bonds is 12. The Balaban J connectivity index is 2.19. The minimum Gasteiger partial charge on any atom is -0.493 e. The molecule has 0 amide bonds. The first-order valence-corrected chi connectivity index (χ1v) is 11.4. The number of anilines is 1. The number of methoxy groups -OCH3 is 2. The number of benzene rings is 2. The van der Waals surface area contributed by atoms with Crippen molar-refractivity contribution in [1.82, 2.24) is 9.62 Å². The molecule has 0 saturated carbocycles. The molecule has 2 aromatic carbocycles. The molecule has 0 heterocycles. The van der Waals surface area contributed by atoms with E-state index in [1.807, 2.05) is 31.1 Å². The number of nitro benzene ring substituents is 1. The van der Waals surface area contributed by atoms with E-state index < -0.39 is 14.9 Å². The third-order valence-corrected chi connectivity index (χ3v) is 6.36. The molecule has 0 radical (unpaired) electrons. The van der Waals surface area contributed by atoms with Crippen molar-refractivity contribution in [2.75, 3.05) is 59.9 Å². The summed E-state index contributed by atoms with van der Waals surface area (Å²) in [6.45, 7) is 1.19. The van der Waals surface area contributed by atoms with Crippen LogP contribution in [0.4, 0.5) is 11.4 Å². The van der Waals surface area contributed by atoms with Gasteiger partial charge in [-0.15, -0.1) is 0 Å². The third kappa shape index (κ3) is 6.55. The van der Waals surface area contributed by atoms with Gasteiger partial charge in [-0.2, -0.15) is 0 Å². The van der Waals surface area contributed by atoms with Crippen LogP contribution in [0.1, 0.15) is 5.56 Å². The standard InChI is InChI=1S/C21H30N4O6S/c1-23(2)13-11-22-32(28,29)17-7-8-18(19(15-17)25(26)27)24(3)12-10-16-6-9-20(30-4)21(14-16)31-5/h6-9,14-15,22H,10-13H2,1-5H3. The van der Waals surface area contributed by atoms with Gasteiger partial charge in [-0.25, -0.2) is 13.1 Å². The van der Waals surface area contributed by atoms with Crippen molar-refractivity contribution in [2.24, 2.45) is 0 Å². The molecule has 32 heavy (non-hydrogen) atoms. The number of ether oxygens (including phenoxy) is 2. The van der Waals surface area contributed by atoms with Gasteiger partial charge in [0.1, 0.15) is 5.69 Å². The van der Waals surface area contributed by atoms with Gasteiger partial charge in [-0.1, -0.05) is 6.07 Å². The molecule has 0 aliphatic rings. The van der Waals surface area contributed by atoms with E-state index in [9.17, 15) is 18.5 Å². The predicted molar refractivity (Wildman–Crippen MR) is 123 cm³/mol. The van der Waals surface area contributed by atoms with Gasteiger partial charge >= 0.3 is 0 Å². The summed E-state index contributed by atoms with van der Waals surface area (Å²) in [5.74, 6) is 1.23. The van der Waals surface area contributed by atoms with Gasteiger partial charge in [0, 0.05) is 32.7 Å². The molecule has 2 aromatic rings. The summed E-state index contributed by atoms with van der Waals surface area (Å²) in [4.78, 5) is 14.5. The molecular weight excluding hydrogens is 436 g/mol. The first-order chi connectivity index (χ1) is 15.1. The summed E-state index contributed by atoms with van der Waals surface area (Å²) in [5, 5.41) is 11.7. The van der Waals surface area contributed by atoms with Crippen molar-refractivity contribution in [1.29, 1.82) is 0 Å². The van der Waals surface area contributed by atoms with Crippen LogP contribution in [0.25, 0.3) is 0 Å². The number of sulfonamides is 1. The quantitative estimate of drug-likeness (QED) is 0.374. The van der Waals surface area contributed by atoms with Gasteiger partial charge in [-0.05, 0) is 50.3 Å². The highest BCUT2D eigenvalue weighted by Crippen LogP contribution is 2.31. The molecule has 0 aliphatic heterocycles. The Kier molecular flexibility index (Phi) is 8.81. The normalized spacial score (nSPS) is 11.4. The van der Waals surface area contributed by atoms with Crippen molar-refractivity contribution in [2.45, 2.75) is 11.3 Å². The SMILES string of the molecule is COc1ccc(CCN(C)c2ccc(S(=O)(=O)NCCN(C)C)cc2[N+](=O)[O-])cc1OC. The van der Waals surface area contributed by atoms with Crippen LogP contribution in [0.15, 0.2) is 41.3 Å². The lowest BCUT2D eigenvalue weighted by Gasteiger charge is -2.20. The molecule has 2 rings (SSSR count). The van der Waals surface area contributed by atoms with Gasteiger partial charge in [0.2, 0.25) is 10.0 Å². The van der Waals surface area contributed by atoms with Crippen LogP contribution in [0.3, 0.4) is 0 Å². The Morgan fingerprint density at radius 2 is 1.69 bits per heavy atom. The van der Waals surface area contributed by atoms with Gasteiger partial charge < -0.3 is 19.3 Å². The molecule has 0 spiro atoms. The number of hydrogen-bond acceptors (Lipinski definition) is 8. The molecule has 0 bridgehead atoms. The molecule has 11 heteroatoms. The Morgan fingerprint density at radius 1 is 1.00 bits per heavy atom. The molecule has 0 saturated heterocycles. The van der Waals surface area contributed by atoms with E-state index >= 15 is 0 Å². The highest BCUT2D eigenvalue weighted by atomic mass is 32.2. The average Bonchev–Trinajstić information content (AvgIpc) is 2.76. The summed E-state index contributed by atoms with van der Waals surface area (Å²) in [5.41, 5.74) is 1.04. The van der Waals surface area contributed by atoms with Crippen LogP contribution >= 0.6 is 0 Å². The first-order valence-electron chi connectivity index (χ1n) is 9.94. The van der Waals surface area contributed by atoms with E-state index in [-0.39, 0.29) is 17.1 Å². The molecule has 10 nitrogen and oxygen atoms in total. The molecule has 0 unspecified atom stereocenters. The third-order valence-electron chi connectivity index (χ3n) is 4.90. The molecule has 176 valence electrons. The maximum Gasteiger partial charge on any atom is 0.293 e. The largest absolute Gasteiger partial charge is 0.493 e. The Hall–Kier alpha value is -2.89. The van der Waals surface area contributed by atoms with Crippen molar-refractivity contribution in [3.8, 4) is 11.5 Å². The topological polar surface area (TPSA) is 114 Å². The summed E-state index contributed by atoms with van der Waals surface area (Å²) < 4.78 is 38.0. The lowest BCUT2D eigenvalue weighted by Crippen LogP contribution is -2.31. The van der Waals surface area contributed by atoms with Crippen LogP contribution < -0.4 is 19.1 Å². The van der Waals surface area contributed by atoms with Crippen LogP contribution in [0, 0.1) is 10.1 Å². The molecule has 0 aliphatic carbocycles. The maximum atomic E-state index is 12.5. The van der Waals surface area contributed by atoms with E-state index in [0.717, 1.165) is 11.6 Å². The second-order valence-electron chi connectivity index (χ2n) is 7.47. The summed E-state index contributed by atoms with van der Waals surface area (Å²) in [6.07, 6.45) is 0.597. The van der Waals surface area contributed by atoms with Crippen molar-refractivity contribution in [3.05, 3.63) is 52.1 Å². The zero-order valence-corrected chi connectivity index (χ0v) is 19.8. The highest BCUT2D eigenvalue weighted by molar-refractivity contribution is 7.89. The maximum absolute atomic E-state index is 12.5. The van der Waals surface area contributed by atoms with Crippen molar-refractivity contribution in [3.63, 3.8) is 0 Å². The monoisotopic (exact) mass is 466 g/mol. The molecule has 0 atom stereocenters. The lowest BCUT2D eigenvalue weighted by molar-refractivity contribution is -0.384. The number of nitrogens with one attached hydrogen (secondary N) is 1. The fraction of sp³-hybridized carbons (Fsp3) is 0.429. The van der Waals surface area contributed by atoms with Crippen LogP contribution in [0.2, 0.25) is 0 Å². The average molecular weight is 467 g/mol. The summed E-state index contributed by atoms with van der Waals surface area (Å²) >= 11 is 0. The van der Waals surface area contributed by atoms with Crippen LogP contribution in [-0.2, 0) is 16.4 Å². The number of nitrogens with zero attached hydrogens (tertiary/aromatic N) is 3. The number of likely N-dealkylation sites (N-methyl/N-ethyl adjacent to an activating group) is 2. The molecular formula is C21H30N4O6S. The number of nitro groups is 1. The van der Waals surface area contributed by atoms with E-state index in [0.29, 0.717) is 36.7 Å². The van der Waals surface area contributed by atoms with Gasteiger partial charge in [0.25, 0.3) is 5.69 Å². The molecule has 0 fully saturated rings. The fourth-order valence-corrected chi connectivity index (χ4v) is 4.12. The van der Waals surface area contributed by atoms with Crippen molar-refractivity contribution < 1.29 is 22.8 Å². The Labute approximate surface area is 188 Å².